The summed E-state index contributed by atoms with van der Waals surface area (Å²) in [4.78, 5) is 0. The fourth-order valence-electron chi connectivity index (χ4n) is 2.41. The zero-order valence-electron chi connectivity index (χ0n) is 13.4. The second-order valence-corrected chi connectivity index (χ2v) is 6.23. The summed E-state index contributed by atoms with van der Waals surface area (Å²) in [5.74, 6) is 0.784. The Labute approximate surface area is 149 Å². The molecule has 2 aromatic carbocycles. The van der Waals surface area contributed by atoms with Crippen molar-refractivity contribution in [1.29, 1.82) is 5.26 Å². The highest BCUT2D eigenvalue weighted by Crippen LogP contribution is 2.28. The van der Waals surface area contributed by atoms with Crippen LogP contribution in [0.4, 0.5) is 4.39 Å². The Kier molecular flexibility index (Phi) is 5.26. The summed E-state index contributed by atoms with van der Waals surface area (Å²) >= 11 is 1.49. The van der Waals surface area contributed by atoms with E-state index in [1.54, 1.807) is 30.3 Å². The van der Waals surface area contributed by atoms with Crippen LogP contribution in [-0.2, 0) is 12.3 Å². The van der Waals surface area contributed by atoms with Gasteiger partial charge in [-0.05, 0) is 29.8 Å². The smallest absolute Gasteiger partial charge is 0.192 e. The third-order valence-electron chi connectivity index (χ3n) is 3.57. The molecule has 3 rings (SSSR count). The van der Waals surface area contributed by atoms with E-state index < -0.39 is 0 Å². The molecule has 0 spiro atoms. The topological polar surface area (TPSA) is 54.5 Å². The molecule has 0 aliphatic carbocycles. The number of nitrogens with zero attached hydrogens (tertiary/aromatic N) is 4. The van der Waals surface area contributed by atoms with Crippen molar-refractivity contribution in [2.45, 2.75) is 17.5 Å². The lowest BCUT2D eigenvalue weighted by Gasteiger charge is -2.08. The van der Waals surface area contributed by atoms with Gasteiger partial charge in [0.2, 0.25) is 0 Å². The quantitative estimate of drug-likeness (QED) is 0.487. The molecule has 6 heteroatoms. The van der Waals surface area contributed by atoms with Gasteiger partial charge in [0.1, 0.15) is 5.82 Å². The van der Waals surface area contributed by atoms with E-state index in [0.717, 1.165) is 5.56 Å². The van der Waals surface area contributed by atoms with E-state index in [4.69, 9.17) is 5.26 Å². The van der Waals surface area contributed by atoms with E-state index in [9.17, 15) is 4.39 Å². The van der Waals surface area contributed by atoms with Crippen LogP contribution in [0.1, 0.15) is 11.1 Å². The number of hydrogen-bond acceptors (Lipinski definition) is 4. The van der Waals surface area contributed by atoms with Gasteiger partial charge in [0.25, 0.3) is 0 Å². The molecule has 124 valence electrons. The van der Waals surface area contributed by atoms with Crippen LogP contribution in [0.3, 0.4) is 0 Å². The maximum absolute atomic E-state index is 14.1. The standard InChI is InChI=1S/C19H15FN4S/c1-2-10-24-18(16-8-3-4-9-17(16)20)22-23-19(24)25-13-15-7-5-6-14(11-15)12-21/h2-9,11H,1,10,13H2. The Morgan fingerprint density at radius 2 is 2.04 bits per heavy atom. The lowest BCUT2D eigenvalue weighted by molar-refractivity contribution is 0.626. The van der Waals surface area contributed by atoms with Crippen molar-refractivity contribution in [1.82, 2.24) is 14.8 Å². The van der Waals surface area contributed by atoms with E-state index in [0.29, 0.717) is 34.4 Å². The van der Waals surface area contributed by atoms with Crippen LogP contribution >= 0.6 is 11.8 Å². The highest BCUT2D eigenvalue weighted by molar-refractivity contribution is 7.98. The first kappa shape index (κ1) is 16.9. The molecule has 1 heterocycles. The van der Waals surface area contributed by atoms with Crippen LogP contribution in [0.2, 0.25) is 0 Å². The van der Waals surface area contributed by atoms with Crippen molar-refractivity contribution >= 4 is 11.8 Å². The number of rotatable bonds is 6. The average molecular weight is 350 g/mol. The molecule has 0 unspecified atom stereocenters. The van der Waals surface area contributed by atoms with Crippen molar-refractivity contribution in [3.8, 4) is 17.5 Å². The molecule has 0 aliphatic rings. The second kappa shape index (κ2) is 7.77. The summed E-state index contributed by atoms with van der Waals surface area (Å²) in [5, 5.41) is 18.0. The van der Waals surface area contributed by atoms with Gasteiger partial charge in [-0.25, -0.2) is 4.39 Å². The Morgan fingerprint density at radius 3 is 2.80 bits per heavy atom. The zero-order valence-corrected chi connectivity index (χ0v) is 14.2. The Morgan fingerprint density at radius 1 is 1.20 bits per heavy atom. The molecule has 0 fully saturated rings. The van der Waals surface area contributed by atoms with Gasteiger partial charge in [-0.1, -0.05) is 42.1 Å². The Balaban J connectivity index is 1.88. The van der Waals surface area contributed by atoms with Crippen LogP contribution in [0.25, 0.3) is 11.4 Å². The first-order valence-corrected chi connectivity index (χ1v) is 8.62. The summed E-state index contributed by atoms with van der Waals surface area (Å²) in [5.41, 5.74) is 2.05. The van der Waals surface area contributed by atoms with E-state index in [-0.39, 0.29) is 5.82 Å². The molecular formula is C19H15FN4S. The molecule has 0 amide bonds. The molecule has 0 saturated heterocycles. The minimum Gasteiger partial charge on any atom is -0.298 e. The number of thioether (sulfide) groups is 1. The number of benzene rings is 2. The Hall–Kier alpha value is -2.91. The molecule has 0 N–H and O–H groups in total. The number of allylic oxidation sites excluding steroid dienone is 1. The lowest BCUT2D eigenvalue weighted by Crippen LogP contribution is -2.01. The van der Waals surface area contributed by atoms with Gasteiger partial charge in [0.05, 0.1) is 17.2 Å². The summed E-state index contributed by atoms with van der Waals surface area (Å²) < 4.78 is 15.9. The number of halogens is 1. The average Bonchev–Trinajstić information content (AvgIpc) is 3.03. The van der Waals surface area contributed by atoms with E-state index in [1.807, 2.05) is 22.8 Å². The monoisotopic (exact) mass is 350 g/mol. The molecule has 0 aliphatic heterocycles. The summed E-state index contributed by atoms with van der Waals surface area (Å²) in [6.45, 7) is 4.24. The van der Waals surface area contributed by atoms with Crippen LogP contribution in [0, 0.1) is 17.1 Å². The third-order valence-corrected chi connectivity index (χ3v) is 4.61. The Bertz CT molecular complexity index is 943. The van der Waals surface area contributed by atoms with Gasteiger partial charge in [0.15, 0.2) is 11.0 Å². The second-order valence-electron chi connectivity index (χ2n) is 5.29. The largest absolute Gasteiger partial charge is 0.298 e. The molecule has 0 saturated carbocycles. The van der Waals surface area contributed by atoms with Crippen molar-refractivity contribution in [2.24, 2.45) is 0 Å². The van der Waals surface area contributed by atoms with Gasteiger partial charge in [-0.3, -0.25) is 4.57 Å². The fourth-order valence-corrected chi connectivity index (χ4v) is 3.30. The molecule has 3 aromatic rings. The number of hydrogen-bond donors (Lipinski definition) is 0. The van der Waals surface area contributed by atoms with Gasteiger partial charge >= 0.3 is 0 Å². The first-order chi connectivity index (χ1) is 12.2. The molecule has 0 atom stereocenters. The maximum atomic E-state index is 14.1. The highest BCUT2D eigenvalue weighted by atomic mass is 32.2. The van der Waals surface area contributed by atoms with Crippen molar-refractivity contribution in [3.63, 3.8) is 0 Å². The predicted molar refractivity (Wildman–Crippen MR) is 96.3 cm³/mol. The van der Waals surface area contributed by atoms with E-state index in [1.165, 1.54) is 17.8 Å². The van der Waals surface area contributed by atoms with E-state index >= 15 is 0 Å². The fraction of sp³-hybridized carbons (Fsp3) is 0.105. The van der Waals surface area contributed by atoms with Gasteiger partial charge in [0, 0.05) is 12.3 Å². The summed E-state index contributed by atoms with van der Waals surface area (Å²) in [6.07, 6.45) is 1.73. The molecular weight excluding hydrogens is 335 g/mol. The maximum Gasteiger partial charge on any atom is 0.192 e. The van der Waals surface area contributed by atoms with Gasteiger partial charge in [-0.2, -0.15) is 5.26 Å². The van der Waals surface area contributed by atoms with Crippen LogP contribution in [0.15, 0.2) is 66.3 Å². The predicted octanol–water partition coefficient (Wildman–Crippen LogP) is 4.43. The van der Waals surface area contributed by atoms with Crippen LogP contribution in [0.5, 0.6) is 0 Å². The molecule has 4 nitrogen and oxygen atoms in total. The van der Waals surface area contributed by atoms with Crippen LogP contribution in [-0.4, -0.2) is 14.8 Å². The molecule has 0 bridgehead atoms. The van der Waals surface area contributed by atoms with Gasteiger partial charge in [-0.15, -0.1) is 16.8 Å². The van der Waals surface area contributed by atoms with Crippen molar-refractivity contribution in [2.75, 3.05) is 0 Å². The lowest BCUT2D eigenvalue weighted by atomic mass is 10.2. The van der Waals surface area contributed by atoms with Crippen LogP contribution < -0.4 is 0 Å². The summed E-state index contributed by atoms with van der Waals surface area (Å²) in [6, 6.07) is 16.1. The van der Waals surface area contributed by atoms with Crippen molar-refractivity contribution in [3.05, 3.63) is 78.1 Å². The summed E-state index contributed by atoms with van der Waals surface area (Å²) in [7, 11) is 0. The number of nitriles is 1. The SMILES string of the molecule is C=CCn1c(SCc2cccc(C#N)c2)nnc1-c1ccccc1F. The molecule has 1 aromatic heterocycles. The van der Waals surface area contributed by atoms with Crippen molar-refractivity contribution < 1.29 is 4.39 Å². The number of aromatic nitrogens is 3. The van der Waals surface area contributed by atoms with E-state index in [2.05, 4.69) is 22.8 Å². The minimum atomic E-state index is -0.335. The first-order valence-electron chi connectivity index (χ1n) is 7.63. The molecule has 25 heavy (non-hydrogen) atoms. The minimum absolute atomic E-state index is 0.335. The van der Waals surface area contributed by atoms with Gasteiger partial charge < -0.3 is 0 Å². The zero-order chi connectivity index (χ0) is 17.6. The highest BCUT2D eigenvalue weighted by Gasteiger charge is 2.16. The normalized spacial score (nSPS) is 10.4. The molecule has 0 radical (unpaired) electrons. The third kappa shape index (κ3) is 3.78.